The molecule has 0 radical (unpaired) electrons. The number of fused-ring (bicyclic) bond motifs is 1. The first-order valence-corrected chi connectivity index (χ1v) is 8.93. The van der Waals surface area contributed by atoms with Crippen molar-refractivity contribution < 1.29 is 8.42 Å². The monoisotopic (exact) mass is 348 g/mol. The topological polar surface area (TPSA) is 67.6 Å². The molecule has 2 aromatic heterocycles. The molecular formula is C15H13ClN4O2S. The average Bonchev–Trinajstić information content (AvgIpc) is 2.90. The number of hydrogen-bond donors (Lipinski definition) is 0. The molecule has 1 aliphatic rings. The maximum atomic E-state index is 12.5. The lowest BCUT2D eigenvalue weighted by atomic mass is 10.0. The van der Waals surface area contributed by atoms with Crippen molar-refractivity contribution in [2.24, 2.45) is 0 Å². The first-order valence-electron chi connectivity index (χ1n) is 7.11. The minimum Gasteiger partial charge on any atom is -0.286 e. The van der Waals surface area contributed by atoms with E-state index >= 15 is 0 Å². The maximum absolute atomic E-state index is 12.5. The molecule has 0 aliphatic carbocycles. The van der Waals surface area contributed by atoms with Crippen LogP contribution in [0.3, 0.4) is 0 Å². The fraction of sp³-hybridized carbons (Fsp3) is 0.200. The van der Waals surface area contributed by atoms with E-state index in [2.05, 4.69) is 10.2 Å². The quantitative estimate of drug-likeness (QED) is 0.727. The zero-order valence-electron chi connectivity index (χ0n) is 12.0. The molecule has 118 valence electrons. The molecule has 0 N–H and O–H groups in total. The minimum atomic E-state index is -3.48. The van der Waals surface area contributed by atoms with Crippen LogP contribution in [-0.4, -0.2) is 40.4 Å². The molecule has 0 unspecified atom stereocenters. The molecule has 0 bridgehead atoms. The second-order valence-electron chi connectivity index (χ2n) is 5.46. The molecular weight excluding hydrogens is 336 g/mol. The van der Waals surface area contributed by atoms with E-state index in [1.807, 2.05) is 28.8 Å². The largest absolute Gasteiger partial charge is 0.286 e. The summed E-state index contributed by atoms with van der Waals surface area (Å²) in [6.07, 6.45) is 1.89. The Hall–Kier alpha value is -1.96. The summed E-state index contributed by atoms with van der Waals surface area (Å²) in [5, 5.41) is 8.81. The third-order valence-corrected chi connectivity index (χ3v) is 6.10. The molecule has 0 saturated carbocycles. The maximum Gasteiger partial charge on any atom is 0.243 e. The molecule has 1 saturated heterocycles. The fourth-order valence-electron chi connectivity index (χ4n) is 2.69. The molecule has 0 amide bonds. The van der Waals surface area contributed by atoms with Gasteiger partial charge in [0, 0.05) is 30.2 Å². The van der Waals surface area contributed by atoms with Gasteiger partial charge in [0.2, 0.25) is 10.0 Å². The first-order chi connectivity index (χ1) is 11.1. The van der Waals surface area contributed by atoms with Gasteiger partial charge < -0.3 is 0 Å². The molecule has 1 fully saturated rings. The van der Waals surface area contributed by atoms with Crippen LogP contribution in [0.15, 0.2) is 53.6 Å². The molecule has 1 aliphatic heterocycles. The highest BCUT2D eigenvalue weighted by Gasteiger charge is 2.39. The highest BCUT2D eigenvalue weighted by atomic mass is 35.5. The van der Waals surface area contributed by atoms with E-state index in [0.29, 0.717) is 18.1 Å². The van der Waals surface area contributed by atoms with Crippen molar-refractivity contribution in [3.8, 4) is 0 Å². The van der Waals surface area contributed by atoms with Gasteiger partial charge in [-0.15, -0.1) is 10.2 Å². The van der Waals surface area contributed by atoms with Crippen LogP contribution >= 0.6 is 11.6 Å². The third kappa shape index (κ3) is 2.41. The molecule has 3 aromatic rings. The van der Waals surface area contributed by atoms with E-state index in [1.165, 1.54) is 16.4 Å². The predicted octanol–water partition coefficient (Wildman–Crippen LogP) is 2.17. The number of halogens is 1. The molecule has 8 heteroatoms. The van der Waals surface area contributed by atoms with Gasteiger partial charge in [-0.05, 0) is 36.4 Å². The van der Waals surface area contributed by atoms with Crippen molar-refractivity contribution in [1.82, 2.24) is 18.9 Å². The van der Waals surface area contributed by atoms with Gasteiger partial charge in [-0.1, -0.05) is 17.7 Å². The molecule has 3 heterocycles. The Balaban J connectivity index is 1.56. The second-order valence-corrected chi connectivity index (χ2v) is 7.83. The van der Waals surface area contributed by atoms with Crippen LogP contribution < -0.4 is 0 Å². The summed E-state index contributed by atoms with van der Waals surface area (Å²) in [5.74, 6) is 0.845. The highest BCUT2D eigenvalue weighted by Crippen LogP contribution is 2.31. The summed E-state index contributed by atoms with van der Waals surface area (Å²) in [6.45, 7) is 0.807. The van der Waals surface area contributed by atoms with Crippen molar-refractivity contribution in [3.63, 3.8) is 0 Å². The minimum absolute atomic E-state index is 0.0504. The van der Waals surface area contributed by atoms with E-state index < -0.39 is 10.0 Å². The summed E-state index contributed by atoms with van der Waals surface area (Å²) >= 11 is 5.81. The normalized spacial score (nSPS) is 16.6. The van der Waals surface area contributed by atoms with Crippen molar-refractivity contribution >= 4 is 27.3 Å². The van der Waals surface area contributed by atoms with Crippen LogP contribution in [-0.2, 0) is 10.0 Å². The summed E-state index contributed by atoms with van der Waals surface area (Å²) in [6, 6.07) is 11.9. The predicted molar refractivity (Wildman–Crippen MR) is 85.9 cm³/mol. The van der Waals surface area contributed by atoms with E-state index in [4.69, 9.17) is 11.6 Å². The van der Waals surface area contributed by atoms with E-state index in [-0.39, 0.29) is 10.8 Å². The standard InChI is InChI=1S/C15H13ClN4O2S/c16-12-4-6-13(7-5-12)23(21,22)19-9-11(10-19)15-18-17-14-3-1-2-8-20(14)15/h1-8,11H,9-10H2. The van der Waals surface area contributed by atoms with Gasteiger partial charge in [0.25, 0.3) is 0 Å². The molecule has 4 rings (SSSR count). The summed E-state index contributed by atoms with van der Waals surface area (Å²) in [4.78, 5) is 0.256. The van der Waals surface area contributed by atoms with Crippen molar-refractivity contribution in [2.45, 2.75) is 10.8 Å². The molecule has 6 nitrogen and oxygen atoms in total. The Morgan fingerprint density at radius 3 is 2.52 bits per heavy atom. The zero-order valence-corrected chi connectivity index (χ0v) is 13.6. The number of aromatic nitrogens is 3. The average molecular weight is 349 g/mol. The lowest BCUT2D eigenvalue weighted by Gasteiger charge is -2.36. The SMILES string of the molecule is O=S(=O)(c1ccc(Cl)cc1)N1CC(c2nnc3ccccn23)C1. The van der Waals surface area contributed by atoms with Gasteiger partial charge in [-0.3, -0.25) is 4.40 Å². The smallest absolute Gasteiger partial charge is 0.243 e. The van der Waals surface area contributed by atoms with Crippen LogP contribution in [0.4, 0.5) is 0 Å². The number of sulfonamides is 1. The molecule has 0 atom stereocenters. The Kier molecular flexibility index (Phi) is 3.37. The number of benzene rings is 1. The van der Waals surface area contributed by atoms with E-state index in [9.17, 15) is 8.42 Å². The third-order valence-electron chi connectivity index (χ3n) is 4.00. The Morgan fingerprint density at radius 2 is 1.78 bits per heavy atom. The van der Waals surface area contributed by atoms with Gasteiger partial charge in [0.1, 0.15) is 5.82 Å². The molecule has 23 heavy (non-hydrogen) atoms. The molecule has 0 spiro atoms. The molecule has 1 aromatic carbocycles. The lowest BCUT2D eigenvalue weighted by Crippen LogP contribution is -2.48. The van der Waals surface area contributed by atoms with Crippen LogP contribution in [0.5, 0.6) is 0 Å². The second kappa shape index (κ2) is 5.30. The fourth-order valence-corrected chi connectivity index (χ4v) is 4.35. The summed E-state index contributed by atoms with van der Waals surface area (Å²) < 4.78 is 28.4. The van der Waals surface area contributed by atoms with Gasteiger partial charge in [-0.2, -0.15) is 4.31 Å². The Morgan fingerprint density at radius 1 is 1.04 bits per heavy atom. The highest BCUT2D eigenvalue weighted by molar-refractivity contribution is 7.89. The van der Waals surface area contributed by atoms with Crippen molar-refractivity contribution in [3.05, 3.63) is 59.5 Å². The Bertz CT molecular complexity index is 963. The van der Waals surface area contributed by atoms with Crippen LogP contribution in [0.2, 0.25) is 5.02 Å². The summed E-state index contributed by atoms with van der Waals surface area (Å²) in [7, 11) is -3.48. The number of rotatable bonds is 3. The lowest BCUT2D eigenvalue weighted by molar-refractivity contribution is 0.255. The van der Waals surface area contributed by atoms with Gasteiger partial charge in [-0.25, -0.2) is 8.42 Å². The zero-order chi connectivity index (χ0) is 16.0. The number of nitrogens with zero attached hydrogens (tertiary/aromatic N) is 4. The van der Waals surface area contributed by atoms with E-state index in [1.54, 1.807) is 12.1 Å². The van der Waals surface area contributed by atoms with Crippen molar-refractivity contribution in [1.29, 1.82) is 0 Å². The van der Waals surface area contributed by atoms with E-state index in [0.717, 1.165) is 11.5 Å². The number of pyridine rings is 1. The van der Waals surface area contributed by atoms with Gasteiger partial charge in [0.15, 0.2) is 5.65 Å². The summed E-state index contributed by atoms with van der Waals surface area (Å²) in [5.41, 5.74) is 0.765. The Labute approximate surface area is 138 Å². The van der Waals surface area contributed by atoms with Crippen LogP contribution in [0.1, 0.15) is 11.7 Å². The van der Waals surface area contributed by atoms with Gasteiger partial charge in [0.05, 0.1) is 4.90 Å². The van der Waals surface area contributed by atoms with Gasteiger partial charge >= 0.3 is 0 Å². The first kappa shape index (κ1) is 14.6. The van der Waals surface area contributed by atoms with Crippen LogP contribution in [0, 0.1) is 0 Å². The van der Waals surface area contributed by atoms with Crippen LogP contribution in [0.25, 0.3) is 5.65 Å². The van der Waals surface area contributed by atoms with Crippen molar-refractivity contribution in [2.75, 3.05) is 13.1 Å². The number of hydrogen-bond acceptors (Lipinski definition) is 4.